The van der Waals surface area contributed by atoms with Crippen molar-refractivity contribution >= 4 is 11.3 Å². The molecule has 0 radical (unpaired) electrons. The number of aryl methyl sites for hydroxylation is 1. The summed E-state index contributed by atoms with van der Waals surface area (Å²) >= 11 is 1.74. The third-order valence-corrected chi connectivity index (χ3v) is 6.61. The second kappa shape index (κ2) is 8.66. The molecule has 1 aromatic heterocycles. The quantitative estimate of drug-likeness (QED) is 0.732. The zero-order valence-corrected chi connectivity index (χ0v) is 16.2. The summed E-state index contributed by atoms with van der Waals surface area (Å²) in [5.41, 5.74) is 10.6. The molecule has 3 nitrogen and oxygen atoms in total. The molecular formula is C22H29NO2S. The number of benzene rings is 1. The van der Waals surface area contributed by atoms with Crippen LogP contribution in [0.15, 0.2) is 35.7 Å². The van der Waals surface area contributed by atoms with Gasteiger partial charge in [-0.15, -0.1) is 11.3 Å². The van der Waals surface area contributed by atoms with E-state index in [9.17, 15) is 0 Å². The van der Waals surface area contributed by atoms with E-state index in [-0.39, 0.29) is 0 Å². The highest BCUT2D eigenvalue weighted by Crippen LogP contribution is 2.35. The van der Waals surface area contributed by atoms with Crippen LogP contribution in [0.2, 0.25) is 0 Å². The van der Waals surface area contributed by atoms with Crippen LogP contribution in [0.3, 0.4) is 0 Å². The average Bonchev–Trinajstić information content (AvgIpc) is 3.32. The van der Waals surface area contributed by atoms with Crippen molar-refractivity contribution in [2.24, 2.45) is 5.73 Å². The third-order valence-electron chi connectivity index (χ3n) is 5.76. The molecule has 3 unspecified atom stereocenters. The molecule has 0 saturated heterocycles. The molecule has 2 aliphatic rings. The predicted octanol–water partition coefficient (Wildman–Crippen LogP) is 4.43. The first-order valence-corrected chi connectivity index (χ1v) is 10.7. The lowest BCUT2D eigenvalue weighted by atomic mass is 9.86. The van der Waals surface area contributed by atoms with E-state index in [0.717, 1.165) is 25.7 Å². The fourth-order valence-corrected chi connectivity index (χ4v) is 4.94. The smallest absolute Gasteiger partial charge is 0.0810 e. The van der Waals surface area contributed by atoms with Crippen molar-refractivity contribution in [3.63, 3.8) is 0 Å². The lowest BCUT2D eigenvalue weighted by Crippen LogP contribution is -2.24. The van der Waals surface area contributed by atoms with E-state index in [2.05, 4.69) is 35.7 Å². The van der Waals surface area contributed by atoms with E-state index in [0.29, 0.717) is 37.9 Å². The molecule has 4 rings (SSSR count). The molecule has 1 saturated carbocycles. The summed E-state index contributed by atoms with van der Waals surface area (Å²) in [6.45, 7) is 2.05. The summed E-state index contributed by atoms with van der Waals surface area (Å²) in [5.74, 6) is 0.671. The SMILES string of the molecule is NC1CCC(c2ccc3c(c2)CCC(OCCOCc2cccs2)C3)C1. The van der Waals surface area contributed by atoms with Gasteiger partial charge in [0, 0.05) is 10.9 Å². The van der Waals surface area contributed by atoms with E-state index < -0.39 is 0 Å². The van der Waals surface area contributed by atoms with Crippen molar-refractivity contribution in [1.29, 1.82) is 0 Å². The van der Waals surface area contributed by atoms with Gasteiger partial charge in [-0.2, -0.15) is 0 Å². The Morgan fingerprint density at radius 3 is 2.85 bits per heavy atom. The minimum Gasteiger partial charge on any atom is -0.375 e. The lowest BCUT2D eigenvalue weighted by Gasteiger charge is -2.26. The fourth-order valence-electron chi connectivity index (χ4n) is 4.30. The van der Waals surface area contributed by atoms with Gasteiger partial charge in [-0.25, -0.2) is 0 Å². The molecule has 2 aliphatic carbocycles. The average molecular weight is 372 g/mol. The van der Waals surface area contributed by atoms with Crippen LogP contribution < -0.4 is 5.73 Å². The Bertz CT molecular complexity index is 700. The van der Waals surface area contributed by atoms with Crippen molar-refractivity contribution in [2.75, 3.05) is 13.2 Å². The molecule has 4 heteroatoms. The maximum atomic E-state index is 6.09. The minimum atomic E-state index is 0.332. The lowest BCUT2D eigenvalue weighted by molar-refractivity contribution is -0.00412. The molecule has 0 spiro atoms. The van der Waals surface area contributed by atoms with Crippen LogP contribution in [-0.2, 0) is 28.9 Å². The first-order valence-electron chi connectivity index (χ1n) is 9.87. The molecule has 2 aromatic rings. The zero-order valence-electron chi connectivity index (χ0n) is 15.4. The van der Waals surface area contributed by atoms with Crippen LogP contribution in [0.5, 0.6) is 0 Å². The van der Waals surface area contributed by atoms with Gasteiger partial charge in [0.05, 0.1) is 25.9 Å². The van der Waals surface area contributed by atoms with Gasteiger partial charge in [-0.3, -0.25) is 0 Å². The van der Waals surface area contributed by atoms with Gasteiger partial charge in [0.1, 0.15) is 0 Å². The van der Waals surface area contributed by atoms with Gasteiger partial charge in [0.25, 0.3) is 0 Å². The van der Waals surface area contributed by atoms with Gasteiger partial charge in [-0.05, 0) is 72.6 Å². The Hall–Kier alpha value is -1.20. The molecular weight excluding hydrogens is 342 g/mol. The molecule has 0 bridgehead atoms. The summed E-state index contributed by atoms with van der Waals surface area (Å²) in [7, 11) is 0. The van der Waals surface area contributed by atoms with Gasteiger partial charge < -0.3 is 15.2 Å². The van der Waals surface area contributed by atoms with Gasteiger partial charge in [0.2, 0.25) is 0 Å². The summed E-state index contributed by atoms with van der Waals surface area (Å²) in [6.07, 6.45) is 7.18. The Morgan fingerprint density at radius 2 is 2.04 bits per heavy atom. The summed E-state index contributed by atoms with van der Waals surface area (Å²) in [5, 5.41) is 2.08. The number of hydrogen-bond donors (Lipinski definition) is 1. The number of thiophene rings is 1. The van der Waals surface area contributed by atoms with Crippen molar-refractivity contribution in [1.82, 2.24) is 0 Å². The molecule has 0 amide bonds. The predicted molar refractivity (Wildman–Crippen MR) is 107 cm³/mol. The second-order valence-corrected chi connectivity index (χ2v) is 8.70. The van der Waals surface area contributed by atoms with Crippen molar-refractivity contribution < 1.29 is 9.47 Å². The number of rotatable bonds is 7. The van der Waals surface area contributed by atoms with Crippen molar-refractivity contribution in [3.8, 4) is 0 Å². The largest absolute Gasteiger partial charge is 0.375 e. The highest BCUT2D eigenvalue weighted by molar-refractivity contribution is 7.09. The van der Waals surface area contributed by atoms with Crippen LogP contribution in [0.1, 0.15) is 53.2 Å². The molecule has 2 N–H and O–H groups in total. The summed E-state index contributed by atoms with van der Waals surface area (Å²) < 4.78 is 11.8. The number of hydrogen-bond acceptors (Lipinski definition) is 4. The van der Waals surface area contributed by atoms with Gasteiger partial charge in [-0.1, -0.05) is 24.3 Å². The van der Waals surface area contributed by atoms with Crippen molar-refractivity contribution in [2.45, 2.75) is 63.2 Å². The highest BCUT2D eigenvalue weighted by atomic mass is 32.1. The Labute approximate surface area is 160 Å². The highest BCUT2D eigenvalue weighted by Gasteiger charge is 2.25. The zero-order chi connectivity index (χ0) is 17.8. The molecule has 1 aromatic carbocycles. The molecule has 3 atom stereocenters. The third kappa shape index (κ3) is 4.55. The van der Waals surface area contributed by atoms with Crippen LogP contribution in [-0.4, -0.2) is 25.4 Å². The van der Waals surface area contributed by atoms with E-state index in [4.69, 9.17) is 15.2 Å². The maximum absolute atomic E-state index is 6.09. The number of nitrogens with two attached hydrogens (primary N) is 1. The first-order chi connectivity index (χ1) is 12.8. The Kier molecular flexibility index (Phi) is 6.05. The van der Waals surface area contributed by atoms with E-state index in [1.807, 2.05) is 0 Å². The van der Waals surface area contributed by atoms with Crippen LogP contribution in [0, 0.1) is 0 Å². The topological polar surface area (TPSA) is 44.5 Å². The summed E-state index contributed by atoms with van der Waals surface area (Å²) in [4.78, 5) is 1.27. The molecule has 0 aliphatic heterocycles. The van der Waals surface area contributed by atoms with Crippen molar-refractivity contribution in [3.05, 3.63) is 57.3 Å². The normalized spacial score (nSPS) is 25.3. The van der Waals surface area contributed by atoms with Gasteiger partial charge >= 0.3 is 0 Å². The first kappa shape index (κ1) is 18.2. The molecule has 1 heterocycles. The standard InChI is InChI=1S/C22H29NO2S/c23-20-7-5-18(13-20)16-3-4-19-14-21(8-6-17(19)12-16)25-10-9-24-15-22-2-1-11-26-22/h1-4,11-12,18,20-21H,5-10,13-15,23H2. The molecule has 140 valence electrons. The van der Waals surface area contributed by atoms with Gasteiger partial charge in [0.15, 0.2) is 0 Å². The van der Waals surface area contributed by atoms with Crippen LogP contribution in [0.4, 0.5) is 0 Å². The summed E-state index contributed by atoms with van der Waals surface area (Å²) in [6, 6.07) is 11.7. The maximum Gasteiger partial charge on any atom is 0.0810 e. The Morgan fingerprint density at radius 1 is 1.08 bits per heavy atom. The van der Waals surface area contributed by atoms with E-state index >= 15 is 0 Å². The second-order valence-electron chi connectivity index (χ2n) is 7.67. The van der Waals surface area contributed by atoms with E-state index in [1.165, 1.54) is 34.4 Å². The minimum absolute atomic E-state index is 0.332. The van der Waals surface area contributed by atoms with E-state index in [1.54, 1.807) is 11.3 Å². The van der Waals surface area contributed by atoms with Crippen LogP contribution >= 0.6 is 11.3 Å². The fraction of sp³-hybridized carbons (Fsp3) is 0.545. The molecule has 1 fully saturated rings. The monoisotopic (exact) mass is 371 g/mol. The Balaban J connectivity index is 1.23. The number of fused-ring (bicyclic) bond motifs is 1. The van der Waals surface area contributed by atoms with Crippen LogP contribution in [0.25, 0.3) is 0 Å². The number of ether oxygens (including phenoxy) is 2. The molecule has 26 heavy (non-hydrogen) atoms.